The molecule has 3 heteroatoms. The first kappa shape index (κ1) is 13.8. The van der Waals surface area contributed by atoms with Crippen molar-refractivity contribution >= 4 is 16.7 Å². The van der Waals surface area contributed by atoms with E-state index in [1.807, 2.05) is 6.07 Å². The Morgan fingerprint density at radius 3 is 2.58 bits per heavy atom. The number of hydrogen-bond donors (Lipinski definition) is 2. The summed E-state index contributed by atoms with van der Waals surface area (Å²) in [6.45, 7) is 10.4. The highest BCUT2D eigenvalue weighted by molar-refractivity contribution is 5.84. The molecule has 0 spiro atoms. The fourth-order valence-electron chi connectivity index (χ4n) is 2.10. The summed E-state index contributed by atoms with van der Waals surface area (Å²) in [6, 6.07) is 10.5. The Hall–Kier alpha value is -1.61. The first-order valence-corrected chi connectivity index (χ1v) is 6.87. The summed E-state index contributed by atoms with van der Waals surface area (Å²) in [4.78, 5) is 4.69. The Morgan fingerprint density at radius 1 is 1.16 bits per heavy atom. The number of rotatable bonds is 4. The van der Waals surface area contributed by atoms with E-state index in [1.165, 1.54) is 10.9 Å². The van der Waals surface area contributed by atoms with Crippen molar-refractivity contribution in [2.45, 2.75) is 39.8 Å². The second-order valence-corrected chi connectivity index (χ2v) is 5.84. The number of fused-ring (bicyclic) bond motifs is 1. The lowest BCUT2D eigenvalue weighted by molar-refractivity contribution is 0.630. The van der Waals surface area contributed by atoms with E-state index in [0.717, 1.165) is 24.4 Å². The Kier molecular flexibility index (Phi) is 4.05. The summed E-state index contributed by atoms with van der Waals surface area (Å²) in [7, 11) is 0. The molecular formula is C16H23N3. The van der Waals surface area contributed by atoms with E-state index in [-0.39, 0.29) is 5.54 Å². The average Bonchev–Trinajstić information content (AvgIpc) is 2.34. The van der Waals surface area contributed by atoms with Crippen molar-refractivity contribution in [3.05, 3.63) is 35.9 Å². The fourth-order valence-corrected chi connectivity index (χ4v) is 2.10. The van der Waals surface area contributed by atoms with Crippen molar-refractivity contribution in [3.8, 4) is 0 Å². The predicted octanol–water partition coefficient (Wildman–Crippen LogP) is 3.55. The minimum absolute atomic E-state index is 0.0188. The quantitative estimate of drug-likeness (QED) is 0.879. The van der Waals surface area contributed by atoms with Gasteiger partial charge in [0.1, 0.15) is 5.82 Å². The lowest BCUT2D eigenvalue weighted by atomic mass is 10.1. The van der Waals surface area contributed by atoms with Crippen LogP contribution in [0.15, 0.2) is 30.3 Å². The van der Waals surface area contributed by atoms with Crippen LogP contribution in [0.25, 0.3) is 10.9 Å². The molecule has 2 N–H and O–H groups in total. The van der Waals surface area contributed by atoms with E-state index in [0.29, 0.717) is 0 Å². The van der Waals surface area contributed by atoms with Gasteiger partial charge in [-0.2, -0.15) is 0 Å². The number of benzene rings is 1. The molecule has 1 aromatic heterocycles. The van der Waals surface area contributed by atoms with Crippen LogP contribution in [0.3, 0.4) is 0 Å². The van der Waals surface area contributed by atoms with Gasteiger partial charge in [0.2, 0.25) is 0 Å². The van der Waals surface area contributed by atoms with E-state index >= 15 is 0 Å². The summed E-state index contributed by atoms with van der Waals surface area (Å²) in [6.07, 6.45) is 0. The third-order valence-corrected chi connectivity index (χ3v) is 2.87. The highest BCUT2D eigenvalue weighted by Crippen LogP contribution is 2.22. The standard InChI is InChI=1S/C16H23N3/c1-5-17-11-12-10-15(19-16(2,3)4)18-14-9-7-6-8-13(12)14/h6-10,17H,5,11H2,1-4H3,(H,18,19). The number of nitrogens with zero attached hydrogens (tertiary/aromatic N) is 1. The number of hydrogen-bond acceptors (Lipinski definition) is 3. The zero-order chi connectivity index (χ0) is 13.9. The molecule has 0 atom stereocenters. The van der Waals surface area contributed by atoms with Gasteiger partial charge in [0.15, 0.2) is 0 Å². The molecule has 1 aromatic carbocycles. The van der Waals surface area contributed by atoms with E-state index in [4.69, 9.17) is 4.98 Å². The summed E-state index contributed by atoms with van der Waals surface area (Å²) < 4.78 is 0. The molecule has 0 bridgehead atoms. The maximum atomic E-state index is 4.69. The van der Waals surface area contributed by atoms with Crippen LogP contribution in [0.5, 0.6) is 0 Å². The molecule has 0 amide bonds. The van der Waals surface area contributed by atoms with Gasteiger partial charge < -0.3 is 10.6 Å². The number of nitrogens with one attached hydrogen (secondary N) is 2. The number of pyridine rings is 1. The molecule has 1 heterocycles. The molecule has 3 nitrogen and oxygen atoms in total. The fraction of sp³-hybridized carbons (Fsp3) is 0.438. The van der Waals surface area contributed by atoms with Crippen molar-refractivity contribution in [1.29, 1.82) is 0 Å². The Labute approximate surface area is 115 Å². The van der Waals surface area contributed by atoms with Crippen molar-refractivity contribution in [2.75, 3.05) is 11.9 Å². The van der Waals surface area contributed by atoms with Crippen LogP contribution in [-0.2, 0) is 6.54 Å². The van der Waals surface area contributed by atoms with Crippen molar-refractivity contribution in [1.82, 2.24) is 10.3 Å². The number of aromatic nitrogens is 1. The summed E-state index contributed by atoms with van der Waals surface area (Å²) >= 11 is 0. The molecule has 0 radical (unpaired) electrons. The Balaban J connectivity index is 2.44. The monoisotopic (exact) mass is 257 g/mol. The molecule has 0 fully saturated rings. The summed E-state index contributed by atoms with van der Waals surface area (Å²) in [5.74, 6) is 0.944. The van der Waals surface area contributed by atoms with Crippen LogP contribution in [0.2, 0.25) is 0 Å². The van der Waals surface area contributed by atoms with Crippen LogP contribution in [0.4, 0.5) is 5.82 Å². The van der Waals surface area contributed by atoms with Gasteiger partial charge in [-0.1, -0.05) is 25.1 Å². The molecule has 19 heavy (non-hydrogen) atoms. The number of anilines is 1. The molecule has 102 valence electrons. The minimum atomic E-state index is 0.0188. The van der Waals surface area contributed by atoms with Gasteiger partial charge in [0.25, 0.3) is 0 Å². The molecule has 0 saturated heterocycles. The van der Waals surface area contributed by atoms with Gasteiger partial charge in [0.05, 0.1) is 5.52 Å². The van der Waals surface area contributed by atoms with Gasteiger partial charge in [-0.25, -0.2) is 4.98 Å². The predicted molar refractivity (Wildman–Crippen MR) is 82.5 cm³/mol. The molecular weight excluding hydrogens is 234 g/mol. The Morgan fingerprint density at radius 2 is 1.89 bits per heavy atom. The van der Waals surface area contributed by atoms with Crippen LogP contribution < -0.4 is 10.6 Å². The second kappa shape index (κ2) is 5.57. The third kappa shape index (κ3) is 3.67. The zero-order valence-corrected chi connectivity index (χ0v) is 12.2. The first-order valence-electron chi connectivity index (χ1n) is 6.87. The molecule has 0 aliphatic rings. The summed E-state index contributed by atoms with van der Waals surface area (Å²) in [5.41, 5.74) is 2.36. The minimum Gasteiger partial charge on any atom is -0.365 e. The van der Waals surface area contributed by atoms with Crippen molar-refractivity contribution in [3.63, 3.8) is 0 Å². The van der Waals surface area contributed by atoms with E-state index in [9.17, 15) is 0 Å². The van der Waals surface area contributed by atoms with Crippen LogP contribution in [0, 0.1) is 0 Å². The molecule has 0 aliphatic carbocycles. The highest BCUT2D eigenvalue weighted by Gasteiger charge is 2.12. The zero-order valence-electron chi connectivity index (χ0n) is 12.2. The van der Waals surface area contributed by atoms with Gasteiger partial charge in [-0.15, -0.1) is 0 Å². The van der Waals surface area contributed by atoms with Crippen LogP contribution >= 0.6 is 0 Å². The van der Waals surface area contributed by atoms with Gasteiger partial charge in [-0.05, 0) is 45.0 Å². The highest BCUT2D eigenvalue weighted by atomic mass is 15.0. The molecule has 0 saturated carbocycles. The maximum Gasteiger partial charge on any atom is 0.127 e. The maximum absolute atomic E-state index is 4.69. The molecule has 2 aromatic rings. The van der Waals surface area contributed by atoms with E-state index in [2.05, 4.69) is 62.6 Å². The normalized spacial score (nSPS) is 11.8. The lowest BCUT2D eigenvalue weighted by Crippen LogP contribution is -2.27. The second-order valence-electron chi connectivity index (χ2n) is 5.84. The van der Waals surface area contributed by atoms with Gasteiger partial charge in [-0.3, -0.25) is 0 Å². The topological polar surface area (TPSA) is 37.0 Å². The summed E-state index contributed by atoms with van der Waals surface area (Å²) in [5, 5.41) is 8.07. The average molecular weight is 257 g/mol. The van der Waals surface area contributed by atoms with E-state index < -0.39 is 0 Å². The SMILES string of the molecule is CCNCc1cc(NC(C)(C)C)nc2ccccc12. The smallest absolute Gasteiger partial charge is 0.127 e. The Bertz CT molecular complexity index is 555. The van der Waals surface area contributed by atoms with Crippen LogP contribution in [-0.4, -0.2) is 17.1 Å². The lowest BCUT2D eigenvalue weighted by Gasteiger charge is -2.22. The van der Waals surface area contributed by atoms with Crippen LogP contribution in [0.1, 0.15) is 33.3 Å². The van der Waals surface area contributed by atoms with Crippen molar-refractivity contribution < 1.29 is 0 Å². The van der Waals surface area contributed by atoms with Gasteiger partial charge in [0, 0.05) is 17.5 Å². The van der Waals surface area contributed by atoms with Gasteiger partial charge >= 0.3 is 0 Å². The largest absolute Gasteiger partial charge is 0.365 e. The third-order valence-electron chi connectivity index (χ3n) is 2.87. The number of para-hydroxylation sites is 1. The molecule has 0 aliphatic heterocycles. The molecule has 0 unspecified atom stereocenters. The first-order chi connectivity index (χ1) is 8.99. The molecule has 2 rings (SSSR count). The van der Waals surface area contributed by atoms with E-state index in [1.54, 1.807) is 0 Å². The van der Waals surface area contributed by atoms with Crippen molar-refractivity contribution in [2.24, 2.45) is 0 Å².